The summed E-state index contributed by atoms with van der Waals surface area (Å²) in [5.74, 6) is 0.414. The summed E-state index contributed by atoms with van der Waals surface area (Å²) in [5, 5.41) is 1.05. The molecule has 1 unspecified atom stereocenters. The number of aldehydes is 1. The number of ether oxygens (including phenoxy) is 1. The minimum atomic E-state index is 0.414. The lowest BCUT2D eigenvalue weighted by atomic mass is 10.1. The maximum absolute atomic E-state index is 10.6. The summed E-state index contributed by atoms with van der Waals surface area (Å²) < 4.78 is 5.27. The minimum absolute atomic E-state index is 0.414. The standard InChI is InChI=1S/C9H11NO2S/c1-6-8(4-11)13-9(10-6)7-2-3-12-5-7/h4,7H,2-3,5H2,1H3. The first-order valence-corrected chi connectivity index (χ1v) is 5.13. The van der Waals surface area contributed by atoms with Gasteiger partial charge in [0, 0.05) is 12.5 Å². The van der Waals surface area contributed by atoms with Crippen LogP contribution in [0.2, 0.25) is 0 Å². The van der Waals surface area contributed by atoms with Crippen molar-refractivity contribution in [2.45, 2.75) is 19.3 Å². The largest absolute Gasteiger partial charge is 0.381 e. The molecule has 0 saturated carbocycles. The molecule has 1 saturated heterocycles. The summed E-state index contributed by atoms with van der Waals surface area (Å²) in [6, 6.07) is 0. The van der Waals surface area contributed by atoms with Gasteiger partial charge in [-0.3, -0.25) is 4.79 Å². The third kappa shape index (κ3) is 1.64. The quantitative estimate of drug-likeness (QED) is 0.678. The topological polar surface area (TPSA) is 39.2 Å². The molecular weight excluding hydrogens is 186 g/mol. The predicted octanol–water partition coefficient (Wildman–Crippen LogP) is 1.77. The Morgan fingerprint density at radius 2 is 2.54 bits per heavy atom. The fourth-order valence-electron chi connectivity index (χ4n) is 1.44. The van der Waals surface area contributed by atoms with Gasteiger partial charge in [-0.1, -0.05) is 0 Å². The molecule has 1 aliphatic heterocycles. The number of hydrogen-bond acceptors (Lipinski definition) is 4. The van der Waals surface area contributed by atoms with E-state index in [0.717, 1.165) is 41.5 Å². The van der Waals surface area contributed by atoms with Gasteiger partial charge >= 0.3 is 0 Å². The average Bonchev–Trinajstić information content (AvgIpc) is 2.71. The number of thiazole rings is 1. The van der Waals surface area contributed by atoms with Crippen LogP contribution in [-0.2, 0) is 4.74 Å². The van der Waals surface area contributed by atoms with E-state index in [9.17, 15) is 4.79 Å². The lowest BCUT2D eigenvalue weighted by Gasteiger charge is -1.99. The first-order chi connectivity index (χ1) is 6.31. The SMILES string of the molecule is Cc1nc(C2CCOC2)sc1C=O. The van der Waals surface area contributed by atoms with Crippen LogP contribution in [0, 0.1) is 6.92 Å². The molecule has 2 heterocycles. The molecule has 0 aromatic carbocycles. The van der Waals surface area contributed by atoms with Gasteiger partial charge in [0.05, 0.1) is 22.2 Å². The molecule has 1 aromatic rings. The third-order valence-electron chi connectivity index (χ3n) is 2.23. The van der Waals surface area contributed by atoms with Crippen molar-refractivity contribution in [1.82, 2.24) is 4.98 Å². The molecule has 2 rings (SSSR count). The average molecular weight is 197 g/mol. The van der Waals surface area contributed by atoms with E-state index >= 15 is 0 Å². The molecule has 0 spiro atoms. The minimum Gasteiger partial charge on any atom is -0.381 e. The van der Waals surface area contributed by atoms with Gasteiger partial charge in [-0.05, 0) is 13.3 Å². The number of aromatic nitrogens is 1. The molecule has 0 aliphatic carbocycles. The van der Waals surface area contributed by atoms with Crippen LogP contribution < -0.4 is 0 Å². The molecule has 13 heavy (non-hydrogen) atoms. The zero-order chi connectivity index (χ0) is 9.26. The highest BCUT2D eigenvalue weighted by Crippen LogP contribution is 2.29. The lowest BCUT2D eigenvalue weighted by molar-refractivity contribution is 0.112. The molecule has 3 nitrogen and oxygen atoms in total. The molecule has 4 heteroatoms. The predicted molar refractivity (Wildman–Crippen MR) is 50.4 cm³/mol. The fraction of sp³-hybridized carbons (Fsp3) is 0.556. The Bertz CT molecular complexity index is 315. The second-order valence-corrected chi connectivity index (χ2v) is 4.24. The Morgan fingerprint density at radius 1 is 1.69 bits per heavy atom. The number of carbonyl (C=O) groups excluding carboxylic acids is 1. The number of nitrogens with zero attached hydrogens (tertiary/aromatic N) is 1. The van der Waals surface area contributed by atoms with E-state index in [1.807, 2.05) is 6.92 Å². The second kappa shape index (κ2) is 3.55. The van der Waals surface area contributed by atoms with Gasteiger partial charge < -0.3 is 4.74 Å². The monoisotopic (exact) mass is 197 g/mol. The van der Waals surface area contributed by atoms with Crippen LogP contribution in [0.3, 0.4) is 0 Å². The van der Waals surface area contributed by atoms with Gasteiger partial charge in [0.25, 0.3) is 0 Å². The summed E-state index contributed by atoms with van der Waals surface area (Å²) >= 11 is 1.50. The zero-order valence-corrected chi connectivity index (χ0v) is 8.26. The van der Waals surface area contributed by atoms with Crippen LogP contribution >= 0.6 is 11.3 Å². The van der Waals surface area contributed by atoms with Crippen LogP contribution in [0.25, 0.3) is 0 Å². The highest BCUT2D eigenvalue weighted by Gasteiger charge is 2.21. The van der Waals surface area contributed by atoms with Gasteiger partial charge in [0.15, 0.2) is 6.29 Å². The number of rotatable bonds is 2. The Kier molecular flexibility index (Phi) is 2.42. The molecule has 1 atom stereocenters. The summed E-state index contributed by atoms with van der Waals surface area (Å²) in [5.41, 5.74) is 0.849. The zero-order valence-electron chi connectivity index (χ0n) is 7.45. The maximum atomic E-state index is 10.6. The first kappa shape index (κ1) is 8.84. The number of hydrogen-bond donors (Lipinski definition) is 0. The van der Waals surface area contributed by atoms with Gasteiger partial charge in [-0.2, -0.15) is 0 Å². The summed E-state index contributed by atoms with van der Waals surface area (Å²) in [6.45, 7) is 3.45. The smallest absolute Gasteiger partial charge is 0.161 e. The van der Waals surface area contributed by atoms with Crippen molar-refractivity contribution in [3.8, 4) is 0 Å². The Hall–Kier alpha value is -0.740. The maximum Gasteiger partial charge on any atom is 0.161 e. The number of carbonyl (C=O) groups is 1. The Balaban J connectivity index is 2.24. The molecule has 0 radical (unpaired) electrons. The molecule has 0 amide bonds. The highest BCUT2D eigenvalue weighted by atomic mass is 32.1. The van der Waals surface area contributed by atoms with E-state index in [1.54, 1.807) is 0 Å². The third-order valence-corrected chi connectivity index (χ3v) is 3.48. The van der Waals surface area contributed by atoms with Crippen LogP contribution in [0.5, 0.6) is 0 Å². The van der Waals surface area contributed by atoms with Crippen molar-refractivity contribution < 1.29 is 9.53 Å². The van der Waals surface area contributed by atoms with Crippen LogP contribution in [0.15, 0.2) is 0 Å². The van der Waals surface area contributed by atoms with E-state index in [-0.39, 0.29) is 0 Å². The van der Waals surface area contributed by atoms with E-state index in [2.05, 4.69) is 4.98 Å². The molecule has 1 aliphatic rings. The van der Waals surface area contributed by atoms with Crippen molar-refractivity contribution in [1.29, 1.82) is 0 Å². The highest BCUT2D eigenvalue weighted by molar-refractivity contribution is 7.13. The molecule has 70 valence electrons. The molecule has 0 bridgehead atoms. The fourth-order valence-corrected chi connectivity index (χ4v) is 2.44. The lowest BCUT2D eigenvalue weighted by Crippen LogP contribution is -1.96. The molecule has 0 N–H and O–H groups in total. The van der Waals surface area contributed by atoms with Crippen molar-refractivity contribution >= 4 is 17.6 Å². The van der Waals surface area contributed by atoms with E-state index in [1.165, 1.54) is 11.3 Å². The van der Waals surface area contributed by atoms with Crippen molar-refractivity contribution in [3.63, 3.8) is 0 Å². The van der Waals surface area contributed by atoms with Crippen LogP contribution in [0.4, 0.5) is 0 Å². The second-order valence-electron chi connectivity index (χ2n) is 3.18. The molecular formula is C9H11NO2S. The van der Waals surface area contributed by atoms with Crippen LogP contribution in [0.1, 0.15) is 32.7 Å². The summed E-state index contributed by atoms with van der Waals surface area (Å²) in [7, 11) is 0. The number of aryl methyl sites for hydroxylation is 1. The van der Waals surface area contributed by atoms with E-state index < -0.39 is 0 Å². The first-order valence-electron chi connectivity index (χ1n) is 4.31. The van der Waals surface area contributed by atoms with Gasteiger partial charge in [0.2, 0.25) is 0 Å². The molecule has 1 aromatic heterocycles. The Morgan fingerprint density at radius 3 is 3.08 bits per heavy atom. The normalized spacial score (nSPS) is 22.1. The van der Waals surface area contributed by atoms with Gasteiger partial charge in [-0.15, -0.1) is 11.3 Å². The van der Waals surface area contributed by atoms with E-state index in [0.29, 0.717) is 5.92 Å². The van der Waals surface area contributed by atoms with E-state index in [4.69, 9.17) is 4.74 Å². The molecule has 1 fully saturated rings. The Labute approximate surface area is 80.8 Å². The van der Waals surface area contributed by atoms with Gasteiger partial charge in [0.1, 0.15) is 0 Å². The van der Waals surface area contributed by atoms with Crippen molar-refractivity contribution in [2.75, 3.05) is 13.2 Å². The van der Waals surface area contributed by atoms with Crippen molar-refractivity contribution in [2.24, 2.45) is 0 Å². The van der Waals surface area contributed by atoms with Gasteiger partial charge in [-0.25, -0.2) is 4.98 Å². The van der Waals surface area contributed by atoms with Crippen LogP contribution in [-0.4, -0.2) is 24.5 Å². The van der Waals surface area contributed by atoms with Crippen molar-refractivity contribution in [3.05, 3.63) is 15.6 Å². The summed E-state index contributed by atoms with van der Waals surface area (Å²) in [6.07, 6.45) is 1.91. The summed E-state index contributed by atoms with van der Waals surface area (Å²) in [4.78, 5) is 15.7.